The fraction of sp³-hybridized carbons (Fsp3) is 0.440. The summed E-state index contributed by atoms with van der Waals surface area (Å²) in [5, 5.41) is 0. The molecule has 2 aromatic rings. The van der Waals surface area contributed by atoms with E-state index in [1.807, 2.05) is 18.2 Å². The molecule has 1 aliphatic carbocycles. The Labute approximate surface area is 171 Å². The van der Waals surface area contributed by atoms with E-state index in [9.17, 15) is 13.2 Å². The summed E-state index contributed by atoms with van der Waals surface area (Å²) in [6, 6.07) is 8.60. The average Bonchev–Trinajstić information content (AvgIpc) is 2.72. The van der Waals surface area contributed by atoms with Crippen molar-refractivity contribution in [3.63, 3.8) is 0 Å². The molecule has 0 aromatic heterocycles. The minimum absolute atomic E-state index is 0.00916. The Balaban J connectivity index is 1.61. The molecule has 29 heavy (non-hydrogen) atoms. The SMILES string of the molecule is CCCc1ccc(C=CC2CCC(c3ccc(OCC)c(F)c3F)CC2)c(F)c1. The third-order valence-electron chi connectivity index (χ3n) is 5.74. The van der Waals surface area contributed by atoms with Crippen LogP contribution in [-0.4, -0.2) is 6.61 Å². The van der Waals surface area contributed by atoms with Crippen molar-refractivity contribution in [2.24, 2.45) is 5.92 Å². The van der Waals surface area contributed by atoms with Crippen LogP contribution in [0.15, 0.2) is 36.4 Å². The van der Waals surface area contributed by atoms with Gasteiger partial charge in [-0.05, 0) is 74.1 Å². The van der Waals surface area contributed by atoms with Gasteiger partial charge in [0.1, 0.15) is 5.82 Å². The van der Waals surface area contributed by atoms with E-state index in [2.05, 4.69) is 13.0 Å². The Bertz CT molecular complexity index is 851. The second-order valence-corrected chi connectivity index (χ2v) is 7.79. The molecule has 0 amide bonds. The second kappa shape index (κ2) is 10.00. The highest BCUT2D eigenvalue weighted by Crippen LogP contribution is 2.39. The van der Waals surface area contributed by atoms with Crippen LogP contribution < -0.4 is 4.74 Å². The van der Waals surface area contributed by atoms with Gasteiger partial charge in [0.2, 0.25) is 5.82 Å². The van der Waals surface area contributed by atoms with E-state index >= 15 is 0 Å². The van der Waals surface area contributed by atoms with Gasteiger partial charge in [0.05, 0.1) is 6.61 Å². The molecule has 0 saturated heterocycles. The number of benzene rings is 2. The van der Waals surface area contributed by atoms with Gasteiger partial charge in [0.25, 0.3) is 0 Å². The monoisotopic (exact) mass is 402 g/mol. The van der Waals surface area contributed by atoms with Crippen molar-refractivity contribution in [1.82, 2.24) is 0 Å². The molecule has 1 aliphatic rings. The summed E-state index contributed by atoms with van der Waals surface area (Å²) in [5.74, 6) is -1.56. The molecule has 2 aromatic carbocycles. The first-order chi connectivity index (χ1) is 14.0. The van der Waals surface area contributed by atoms with Gasteiger partial charge >= 0.3 is 0 Å². The van der Waals surface area contributed by atoms with Gasteiger partial charge in [-0.15, -0.1) is 0 Å². The van der Waals surface area contributed by atoms with Gasteiger partial charge < -0.3 is 4.74 Å². The molecule has 0 bridgehead atoms. The topological polar surface area (TPSA) is 9.23 Å². The second-order valence-electron chi connectivity index (χ2n) is 7.79. The Morgan fingerprint density at radius 2 is 1.72 bits per heavy atom. The fourth-order valence-electron chi connectivity index (χ4n) is 4.14. The summed E-state index contributed by atoms with van der Waals surface area (Å²) in [6.07, 6.45) is 9.13. The largest absolute Gasteiger partial charge is 0.491 e. The van der Waals surface area contributed by atoms with E-state index in [4.69, 9.17) is 4.74 Å². The van der Waals surface area contributed by atoms with Crippen molar-refractivity contribution in [2.45, 2.75) is 58.3 Å². The fourth-order valence-corrected chi connectivity index (χ4v) is 4.14. The first-order valence-corrected chi connectivity index (χ1v) is 10.6. The van der Waals surface area contributed by atoms with Crippen LogP contribution in [0.5, 0.6) is 5.75 Å². The Kier molecular flexibility index (Phi) is 7.40. The number of rotatable bonds is 7. The third kappa shape index (κ3) is 5.23. The molecule has 0 radical (unpaired) electrons. The molecule has 3 rings (SSSR count). The zero-order valence-corrected chi connectivity index (χ0v) is 17.2. The van der Waals surface area contributed by atoms with Crippen LogP contribution in [0, 0.1) is 23.4 Å². The lowest BCUT2D eigenvalue weighted by molar-refractivity contribution is 0.310. The van der Waals surface area contributed by atoms with Crippen molar-refractivity contribution in [1.29, 1.82) is 0 Å². The zero-order chi connectivity index (χ0) is 20.8. The first kappa shape index (κ1) is 21.5. The normalized spacial score (nSPS) is 19.6. The highest BCUT2D eigenvalue weighted by Gasteiger charge is 2.25. The summed E-state index contributed by atoms with van der Waals surface area (Å²) in [7, 11) is 0. The quantitative estimate of drug-likeness (QED) is 0.467. The number of hydrogen-bond acceptors (Lipinski definition) is 1. The molecule has 0 atom stereocenters. The minimum atomic E-state index is -0.895. The highest BCUT2D eigenvalue weighted by molar-refractivity contribution is 5.51. The minimum Gasteiger partial charge on any atom is -0.491 e. The van der Waals surface area contributed by atoms with Crippen LogP contribution in [0.3, 0.4) is 0 Å². The molecular formula is C25H29F3O. The van der Waals surface area contributed by atoms with Crippen molar-refractivity contribution < 1.29 is 17.9 Å². The van der Waals surface area contributed by atoms with Crippen LogP contribution in [0.4, 0.5) is 13.2 Å². The maximum atomic E-state index is 14.5. The van der Waals surface area contributed by atoms with E-state index in [-0.39, 0.29) is 17.5 Å². The third-order valence-corrected chi connectivity index (χ3v) is 5.74. The lowest BCUT2D eigenvalue weighted by atomic mass is 9.78. The van der Waals surface area contributed by atoms with Crippen LogP contribution in [0.2, 0.25) is 0 Å². The smallest absolute Gasteiger partial charge is 0.200 e. The summed E-state index contributed by atoms with van der Waals surface area (Å²) in [6.45, 7) is 4.12. The van der Waals surface area contributed by atoms with Crippen LogP contribution in [0.1, 0.15) is 68.6 Å². The molecular weight excluding hydrogens is 373 g/mol. The van der Waals surface area contributed by atoms with Gasteiger partial charge in [-0.3, -0.25) is 0 Å². The van der Waals surface area contributed by atoms with Crippen molar-refractivity contribution >= 4 is 6.08 Å². The Morgan fingerprint density at radius 3 is 2.38 bits per heavy atom. The summed E-state index contributed by atoms with van der Waals surface area (Å²) in [4.78, 5) is 0. The van der Waals surface area contributed by atoms with Crippen LogP contribution in [0.25, 0.3) is 6.08 Å². The Hall–Kier alpha value is -2.23. The summed E-state index contributed by atoms with van der Waals surface area (Å²) in [5.41, 5.74) is 2.06. The standard InChI is InChI=1S/C25H29F3O/c1-3-5-18-9-13-20(22(26)16-18)12-8-17-6-10-19(11-7-17)21-14-15-23(29-4-2)25(28)24(21)27/h8-9,12-17,19H,3-7,10-11H2,1-2H3. The summed E-state index contributed by atoms with van der Waals surface area (Å²) < 4.78 is 48.0. The molecule has 0 unspecified atom stereocenters. The number of halogens is 3. The predicted octanol–water partition coefficient (Wildman–Crippen LogP) is 7.44. The summed E-state index contributed by atoms with van der Waals surface area (Å²) >= 11 is 0. The molecule has 0 spiro atoms. The Morgan fingerprint density at radius 1 is 0.966 bits per heavy atom. The first-order valence-electron chi connectivity index (χ1n) is 10.6. The van der Waals surface area contributed by atoms with Crippen LogP contribution >= 0.6 is 0 Å². The lowest BCUT2D eigenvalue weighted by Crippen LogP contribution is -2.14. The van der Waals surface area contributed by atoms with Gasteiger partial charge in [0.15, 0.2) is 11.6 Å². The zero-order valence-electron chi connectivity index (χ0n) is 17.2. The molecule has 0 aliphatic heterocycles. The molecule has 1 fully saturated rings. The predicted molar refractivity (Wildman–Crippen MR) is 112 cm³/mol. The van der Waals surface area contributed by atoms with E-state index in [1.165, 1.54) is 6.07 Å². The van der Waals surface area contributed by atoms with Crippen molar-refractivity contribution in [2.75, 3.05) is 6.61 Å². The van der Waals surface area contributed by atoms with Gasteiger partial charge in [-0.1, -0.05) is 43.7 Å². The van der Waals surface area contributed by atoms with Crippen molar-refractivity contribution in [3.8, 4) is 5.75 Å². The van der Waals surface area contributed by atoms with Crippen LogP contribution in [-0.2, 0) is 6.42 Å². The van der Waals surface area contributed by atoms with Gasteiger partial charge in [-0.25, -0.2) is 8.78 Å². The molecule has 156 valence electrons. The number of hydrogen-bond donors (Lipinski definition) is 0. The molecule has 0 N–H and O–H groups in total. The maximum Gasteiger partial charge on any atom is 0.200 e. The number of ether oxygens (including phenoxy) is 1. The van der Waals surface area contributed by atoms with Gasteiger partial charge in [-0.2, -0.15) is 4.39 Å². The number of allylic oxidation sites excluding steroid dienone is 1. The molecule has 4 heteroatoms. The van der Waals surface area contributed by atoms with Crippen molar-refractivity contribution in [3.05, 3.63) is 70.5 Å². The highest BCUT2D eigenvalue weighted by atomic mass is 19.2. The molecule has 0 heterocycles. The van der Waals surface area contributed by atoms with E-state index < -0.39 is 11.6 Å². The van der Waals surface area contributed by atoms with E-state index in [1.54, 1.807) is 19.1 Å². The maximum absolute atomic E-state index is 14.5. The molecule has 1 saturated carbocycles. The van der Waals surface area contributed by atoms with Gasteiger partial charge in [0, 0.05) is 5.56 Å². The number of aryl methyl sites for hydroxylation is 1. The van der Waals surface area contributed by atoms with E-state index in [0.29, 0.717) is 23.7 Å². The lowest BCUT2D eigenvalue weighted by Gasteiger charge is -2.27. The van der Waals surface area contributed by atoms with E-state index in [0.717, 1.165) is 44.1 Å². The average molecular weight is 403 g/mol. The molecule has 1 nitrogen and oxygen atoms in total.